The van der Waals surface area contributed by atoms with E-state index in [1.54, 1.807) is 7.11 Å². The fraction of sp³-hybridized carbons (Fsp3) is 0.312. The molecule has 0 aliphatic heterocycles. The number of hydrogen-bond acceptors (Lipinski definition) is 3. The minimum Gasteiger partial charge on any atom is -0.383 e. The molecule has 20 heavy (non-hydrogen) atoms. The van der Waals surface area contributed by atoms with E-state index in [-0.39, 0.29) is 6.04 Å². The molecule has 4 heteroatoms. The topological polar surface area (TPSA) is 25.4 Å². The van der Waals surface area contributed by atoms with E-state index < -0.39 is 0 Å². The summed E-state index contributed by atoms with van der Waals surface area (Å²) < 4.78 is 5.35. The molecule has 0 aliphatic rings. The van der Waals surface area contributed by atoms with Crippen molar-refractivity contribution in [2.24, 2.45) is 0 Å². The molecular formula is C16H19ClN2O. The largest absolute Gasteiger partial charge is 0.383 e. The summed E-state index contributed by atoms with van der Waals surface area (Å²) in [5.41, 5.74) is 2.24. The fourth-order valence-corrected chi connectivity index (χ4v) is 2.30. The van der Waals surface area contributed by atoms with Crippen LogP contribution in [0.25, 0.3) is 0 Å². The standard InChI is InChI=1S/C16H19ClN2O/c1-19(11-15-5-3-4-10-18-15)16(12-20-2)13-6-8-14(17)9-7-13/h3-10,16H,11-12H2,1-2H3/t16-/m0/s1. The van der Waals surface area contributed by atoms with Gasteiger partial charge in [0.05, 0.1) is 18.3 Å². The van der Waals surface area contributed by atoms with Gasteiger partial charge in [-0.15, -0.1) is 0 Å². The smallest absolute Gasteiger partial charge is 0.0659 e. The molecule has 1 atom stereocenters. The van der Waals surface area contributed by atoms with Crippen LogP contribution >= 0.6 is 11.6 Å². The Morgan fingerprint density at radius 3 is 2.55 bits per heavy atom. The van der Waals surface area contributed by atoms with Gasteiger partial charge in [-0.3, -0.25) is 9.88 Å². The lowest BCUT2D eigenvalue weighted by Crippen LogP contribution is -2.28. The van der Waals surface area contributed by atoms with Crippen molar-refractivity contribution in [1.29, 1.82) is 0 Å². The van der Waals surface area contributed by atoms with E-state index in [1.807, 2.05) is 48.7 Å². The van der Waals surface area contributed by atoms with Crippen LogP contribution in [-0.4, -0.2) is 30.6 Å². The fourth-order valence-electron chi connectivity index (χ4n) is 2.18. The molecule has 0 aliphatic carbocycles. The lowest BCUT2D eigenvalue weighted by atomic mass is 10.1. The summed E-state index contributed by atoms with van der Waals surface area (Å²) in [6.07, 6.45) is 1.82. The van der Waals surface area contributed by atoms with Crippen LogP contribution in [0.4, 0.5) is 0 Å². The average molecular weight is 291 g/mol. The lowest BCUT2D eigenvalue weighted by Gasteiger charge is -2.27. The summed E-state index contributed by atoms with van der Waals surface area (Å²) in [7, 11) is 3.80. The van der Waals surface area contributed by atoms with Crippen LogP contribution in [0.2, 0.25) is 5.02 Å². The van der Waals surface area contributed by atoms with Crippen molar-refractivity contribution >= 4 is 11.6 Å². The Bertz CT molecular complexity index is 516. The van der Waals surface area contributed by atoms with Crippen molar-refractivity contribution in [2.75, 3.05) is 20.8 Å². The van der Waals surface area contributed by atoms with E-state index >= 15 is 0 Å². The Morgan fingerprint density at radius 1 is 1.20 bits per heavy atom. The minimum absolute atomic E-state index is 0.180. The van der Waals surface area contributed by atoms with Crippen LogP contribution in [0.3, 0.4) is 0 Å². The first-order valence-electron chi connectivity index (χ1n) is 6.55. The first-order chi connectivity index (χ1) is 9.70. The number of pyridine rings is 1. The maximum absolute atomic E-state index is 5.95. The zero-order chi connectivity index (χ0) is 14.4. The van der Waals surface area contributed by atoms with Crippen molar-refractivity contribution in [2.45, 2.75) is 12.6 Å². The van der Waals surface area contributed by atoms with Crippen molar-refractivity contribution in [1.82, 2.24) is 9.88 Å². The van der Waals surface area contributed by atoms with Crippen LogP contribution in [0.5, 0.6) is 0 Å². The molecule has 1 heterocycles. The Balaban J connectivity index is 2.13. The monoisotopic (exact) mass is 290 g/mol. The summed E-state index contributed by atoms with van der Waals surface area (Å²) in [5, 5.41) is 0.747. The Kier molecular flexibility index (Phi) is 5.53. The van der Waals surface area contributed by atoms with E-state index in [0.717, 1.165) is 17.3 Å². The van der Waals surface area contributed by atoms with Gasteiger partial charge in [0, 0.05) is 24.9 Å². The van der Waals surface area contributed by atoms with Crippen molar-refractivity contribution in [3.05, 3.63) is 64.9 Å². The molecule has 1 aromatic heterocycles. The summed E-state index contributed by atoms with van der Waals surface area (Å²) in [6, 6.07) is 14.0. The van der Waals surface area contributed by atoms with Gasteiger partial charge in [0.2, 0.25) is 0 Å². The Hall–Kier alpha value is -1.42. The molecule has 2 rings (SSSR count). The number of halogens is 1. The van der Waals surface area contributed by atoms with Gasteiger partial charge >= 0.3 is 0 Å². The SMILES string of the molecule is COC[C@@H](c1ccc(Cl)cc1)N(C)Cc1ccccn1. The zero-order valence-electron chi connectivity index (χ0n) is 11.8. The second-order valence-electron chi connectivity index (χ2n) is 4.76. The minimum atomic E-state index is 0.180. The summed E-state index contributed by atoms with van der Waals surface area (Å²) >= 11 is 5.95. The van der Waals surface area contributed by atoms with E-state index in [9.17, 15) is 0 Å². The van der Waals surface area contributed by atoms with Gasteiger partial charge < -0.3 is 4.74 Å². The molecule has 0 fully saturated rings. The summed E-state index contributed by atoms with van der Waals surface area (Å²) in [6.45, 7) is 1.41. The number of methoxy groups -OCH3 is 1. The highest BCUT2D eigenvalue weighted by Crippen LogP contribution is 2.23. The quantitative estimate of drug-likeness (QED) is 0.813. The number of likely N-dealkylation sites (N-methyl/N-ethyl adjacent to an activating group) is 1. The normalized spacial score (nSPS) is 12.6. The average Bonchev–Trinajstić information content (AvgIpc) is 2.47. The molecule has 0 radical (unpaired) electrons. The van der Waals surface area contributed by atoms with Gasteiger partial charge in [-0.2, -0.15) is 0 Å². The number of aromatic nitrogens is 1. The molecule has 0 unspecified atom stereocenters. The van der Waals surface area contributed by atoms with E-state index in [2.05, 4.69) is 16.9 Å². The van der Waals surface area contributed by atoms with Gasteiger partial charge in [0.1, 0.15) is 0 Å². The highest BCUT2D eigenvalue weighted by atomic mass is 35.5. The van der Waals surface area contributed by atoms with Crippen molar-refractivity contribution < 1.29 is 4.74 Å². The predicted octanol–water partition coefficient (Wildman–Crippen LogP) is 3.55. The molecule has 0 saturated carbocycles. The first-order valence-corrected chi connectivity index (χ1v) is 6.93. The van der Waals surface area contributed by atoms with Gasteiger partial charge in [0.25, 0.3) is 0 Å². The Labute approximate surface area is 125 Å². The molecule has 0 amide bonds. The van der Waals surface area contributed by atoms with Crippen LogP contribution < -0.4 is 0 Å². The third-order valence-electron chi connectivity index (χ3n) is 3.25. The van der Waals surface area contributed by atoms with E-state index in [4.69, 9.17) is 16.3 Å². The van der Waals surface area contributed by atoms with Gasteiger partial charge in [0.15, 0.2) is 0 Å². The van der Waals surface area contributed by atoms with Crippen molar-refractivity contribution in [3.63, 3.8) is 0 Å². The molecule has 0 spiro atoms. The number of nitrogens with zero attached hydrogens (tertiary/aromatic N) is 2. The van der Waals surface area contributed by atoms with Crippen LogP contribution in [0.15, 0.2) is 48.7 Å². The molecule has 0 bridgehead atoms. The molecule has 0 N–H and O–H groups in total. The number of ether oxygens (including phenoxy) is 1. The van der Waals surface area contributed by atoms with Crippen molar-refractivity contribution in [3.8, 4) is 0 Å². The van der Waals surface area contributed by atoms with Gasteiger partial charge in [-0.1, -0.05) is 29.8 Å². The number of benzene rings is 1. The maximum Gasteiger partial charge on any atom is 0.0659 e. The highest BCUT2D eigenvalue weighted by Gasteiger charge is 2.17. The second kappa shape index (κ2) is 7.39. The third-order valence-corrected chi connectivity index (χ3v) is 3.50. The van der Waals surface area contributed by atoms with Crippen LogP contribution in [0, 0.1) is 0 Å². The van der Waals surface area contributed by atoms with Gasteiger partial charge in [-0.05, 0) is 36.9 Å². The molecule has 3 nitrogen and oxygen atoms in total. The number of rotatable bonds is 6. The summed E-state index contributed by atoms with van der Waals surface area (Å²) in [5.74, 6) is 0. The second-order valence-corrected chi connectivity index (χ2v) is 5.20. The highest BCUT2D eigenvalue weighted by molar-refractivity contribution is 6.30. The van der Waals surface area contributed by atoms with E-state index in [0.29, 0.717) is 6.61 Å². The molecular weight excluding hydrogens is 272 g/mol. The maximum atomic E-state index is 5.95. The lowest BCUT2D eigenvalue weighted by molar-refractivity contribution is 0.102. The first kappa shape index (κ1) is 15.0. The van der Waals surface area contributed by atoms with Crippen LogP contribution in [-0.2, 0) is 11.3 Å². The zero-order valence-corrected chi connectivity index (χ0v) is 12.5. The predicted molar refractivity (Wildman–Crippen MR) is 81.8 cm³/mol. The number of hydrogen-bond donors (Lipinski definition) is 0. The van der Waals surface area contributed by atoms with Crippen LogP contribution in [0.1, 0.15) is 17.3 Å². The Morgan fingerprint density at radius 2 is 1.95 bits per heavy atom. The molecule has 2 aromatic rings. The molecule has 1 aromatic carbocycles. The van der Waals surface area contributed by atoms with Gasteiger partial charge in [-0.25, -0.2) is 0 Å². The molecule has 106 valence electrons. The summed E-state index contributed by atoms with van der Waals surface area (Å²) in [4.78, 5) is 6.60. The van der Waals surface area contributed by atoms with E-state index in [1.165, 1.54) is 5.56 Å². The third kappa shape index (κ3) is 4.04. The molecule has 0 saturated heterocycles.